The summed E-state index contributed by atoms with van der Waals surface area (Å²) in [5, 5.41) is 3.57. The normalized spacial score (nSPS) is 16.3. The average Bonchev–Trinajstić information content (AvgIpc) is 2.75. The van der Waals surface area contributed by atoms with Crippen LogP contribution in [0.25, 0.3) is 0 Å². The van der Waals surface area contributed by atoms with Gasteiger partial charge in [-0.15, -0.1) is 0 Å². The number of hydrogen-bond acceptors (Lipinski definition) is 5. The lowest BCUT2D eigenvalue weighted by Crippen LogP contribution is -2.48. The van der Waals surface area contributed by atoms with Crippen LogP contribution in [-0.4, -0.2) is 69.7 Å². The first kappa shape index (κ1) is 21.4. The Morgan fingerprint density at radius 3 is 2.38 bits per heavy atom. The molecule has 2 aromatic carbocycles. The fraction of sp³-hybridized carbons (Fsp3) is 0.409. The first-order valence-corrected chi connectivity index (χ1v) is 10.1. The zero-order valence-corrected chi connectivity index (χ0v) is 17.9. The van der Waals surface area contributed by atoms with Gasteiger partial charge in [-0.2, -0.15) is 0 Å². The number of carbonyl (C=O) groups is 1. The van der Waals surface area contributed by atoms with Gasteiger partial charge in [-0.3, -0.25) is 9.69 Å². The second-order valence-electron chi connectivity index (χ2n) is 7.18. The fourth-order valence-electron chi connectivity index (χ4n) is 3.56. The second-order valence-corrected chi connectivity index (χ2v) is 7.62. The molecule has 0 unspecified atom stereocenters. The topological polar surface area (TPSA) is 54.0 Å². The van der Waals surface area contributed by atoms with E-state index < -0.39 is 0 Å². The molecule has 0 radical (unpaired) electrons. The lowest BCUT2D eigenvalue weighted by atomic mass is 10.0. The minimum Gasteiger partial charge on any atom is -0.497 e. The Balaban J connectivity index is 1.77. The minimum absolute atomic E-state index is 0.0729. The first-order valence-electron chi connectivity index (χ1n) is 9.70. The van der Waals surface area contributed by atoms with E-state index in [0.717, 1.165) is 37.5 Å². The van der Waals surface area contributed by atoms with E-state index in [1.807, 2.05) is 12.1 Å². The summed E-state index contributed by atoms with van der Waals surface area (Å²) >= 11 is 6.08. The Bertz CT molecular complexity index is 821. The highest BCUT2D eigenvalue weighted by molar-refractivity contribution is 6.31. The first-order chi connectivity index (χ1) is 14.0. The molecule has 1 N–H and O–H groups in total. The maximum atomic E-state index is 12.9. The second kappa shape index (κ2) is 9.96. The highest BCUT2D eigenvalue weighted by Gasteiger charge is 2.25. The van der Waals surface area contributed by atoms with Crippen LogP contribution in [0.3, 0.4) is 0 Å². The van der Waals surface area contributed by atoms with Gasteiger partial charge >= 0.3 is 0 Å². The van der Waals surface area contributed by atoms with Crippen LogP contribution in [0.5, 0.6) is 11.5 Å². The summed E-state index contributed by atoms with van der Waals surface area (Å²) in [6.07, 6.45) is 0. The molecule has 2 aromatic rings. The molecule has 0 aromatic heterocycles. The molecule has 0 bridgehead atoms. The molecule has 3 rings (SSSR count). The molecule has 1 aliphatic rings. The van der Waals surface area contributed by atoms with Crippen LogP contribution in [0.15, 0.2) is 42.5 Å². The summed E-state index contributed by atoms with van der Waals surface area (Å²) in [5.41, 5.74) is 1.58. The lowest BCUT2D eigenvalue weighted by molar-refractivity contribution is 0.0883. The van der Waals surface area contributed by atoms with Crippen LogP contribution in [0.4, 0.5) is 0 Å². The molecule has 1 atom stereocenters. The van der Waals surface area contributed by atoms with Gasteiger partial charge in [0.15, 0.2) is 0 Å². The Kier molecular flexibility index (Phi) is 7.36. The van der Waals surface area contributed by atoms with Gasteiger partial charge in [0.1, 0.15) is 11.5 Å². The van der Waals surface area contributed by atoms with Gasteiger partial charge in [0.05, 0.1) is 25.8 Å². The quantitative estimate of drug-likeness (QED) is 0.750. The molecule has 6 nitrogen and oxygen atoms in total. The van der Waals surface area contributed by atoms with Gasteiger partial charge < -0.3 is 19.7 Å². The molecule has 7 heteroatoms. The van der Waals surface area contributed by atoms with Crippen molar-refractivity contribution in [3.63, 3.8) is 0 Å². The van der Waals surface area contributed by atoms with Crippen LogP contribution >= 0.6 is 11.6 Å². The number of methoxy groups -OCH3 is 2. The minimum atomic E-state index is -0.197. The highest BCUT2D eigenvalue weighted by Crippen LogP contribution is 2.25. The zero-order chi connectivity index (χ0) is 20.8. The molecule has 1 aliphatic heterocycles. The Morgan fingerprint density at radius 2 is 1.76 bits per heavy atom. The summed E-state index contributed by atoms with van der Waals surface area (Å²) in [6, 6.07) is 13.2. The van der Waals surface area contributed by atoms with E-state index in [9.17, 15) is 4.79 Å². The van der Waals surface area contributed by atoms with Crippen LogP contribution in [0.2, 0.25) is 5.02 Å². The molecule has 0 saturated carbocycles. The van der Waals surface area contributed by atoms with Crippen LogP contribution in [0, 0.1) is 0 Å². The van der Waals surface area contributed by atoms with E-state index in [1.54, 1.807) is 32.4 Å². The molecule has 156 valence electrons. The number of halogens is 1. The number of carbonyl (C=O) groups excluding carboxylic acids is 1. The Labute approximate surface area is 177 Å². The maximum absolute atomic E-state index is 12.9. The molecular weight excluding hydrogens is 390 g/mol. The van der Waals surface area contributed by atoms with Gasteiger partial charge in [-0.1, -0.05) is 23.7 Å². The van der Waals surface area contributed by atoms with E-state index in [1.165, 1.54) is 0 Å². The average molecular weight is 418 g/mol. The van der Waals surface area contributed by atoms with Crippen molar-refractivity contribution in [2.24, 2.45) is 0 Å². The molecule has 1 heterocycles. The smallest absolute Gasteiger partial charge is 0.255 e. The molecule has 1 saturated heterocycles. The Hall–Kier alpha value is -2.28. The van der Waals surface area contributed by atoms with Gasteiger partial charge in [0.25, 0.3) is 5.91 Å². The van der Waals surface area contributed by atoms with Gasteiger partial charge in [-0.05, 0) is 42.9 Å². The number of piperazine rings is 1. The number of nitrogens with zero attached hydrogens (tertiary/aromatic N) is 2. The molecule has 1 amide bonds. The van der Waals surface area contributed by atoms with Crippen molar-refractivity contribution in [1.29, 1.82) is 0 Å². The van der Waals surface area contributed by atoms with Gasteiger partial charge in [0.2, 0.25) is 0 Å². The molecule has 29 heavy (non-hydrogen) atoms. The number of ether oxygens (including phenoxy) is 2. The summed E-state index contributed by atoms with van der Waals surface area (Å²) < 4.78 is 10.6. The number of nitrogens with one attached hydrogen (secondary N) is 1. The van der Waals surface area contributed by atoms with Gasteiger partial charge in [0, 0.05) is 37.7 Å². The predicted octanol–water partition coefficient (Wildman–Crippen LogP) is 3.08. The third-order valence-electron chi connectivity index (χ3n) is 5.34. The molecule has 0 spiro atoms. The van der Waals surface area contributed by atoms with Crippen molar-refractivity contribution in [1.82, 2.24) is 15.1 Å². The van der Waals surface area contributed by atoms with Crippen molar-refractivity contribution < 1.29 is 14.3 Å². The van der Waals surface area contributed by atoms with Crippen molar-refractivity contribution in [3.05, 3.63) is 58.6 Å². The number of likely N-dealkylation sites (N-methyl/N-ethyl adjacent to an activating group) is 1. The van der Waals surface area contributed by atoms with Crippen LogP contribution < -0.4 is 14.8 Å². The van der Waals surface area contributed by atoms with Gasteiger partial charge in [-0.25, -0.2) is 0 Å². The summed E-state index contributed by atoms with van der Waals surface area (Å²) in [6.45, 7) is 4.39. The number of hydrogen-bond donors (Lipinski definition) is 1. The van der Waals surface area contributed by atoms with Crippen molar-refractivity contribution in [2.75, 3.05) is 54.0 Å². The highest BCUT2D eigenvalue weighted by atomic mass is 35.5. The number of rotatable bonds is 7. The molecule has 1 fully saturated rings. The van der Waals surface area contributed by atoms with E-state index >= 15 is 0 Å². The van der Waals surface area contributed by atoms with Crippen molar-refractivity contribution in [2.45, 2.75) is 6.04 Å². The van der Waals surface area contributed by atoms with E-state index in [-0.39, 0.29) is 11.9 Å². The van der Waals surface area contributed by atoms with Crippen molar-refractivity contribution >= 4 is 17.5 Å². The number of benzene rings is 2. The molecule has 0 aliphatic carbocycles. The number of amides is 1. The van der Waals surface area contributed by atoms with Crippen LogP contribution in [-0.2, 0) is 0 Å². The SMILES string of the molecule is COc1ccc([C@@H](CNC(=O)c2cc(Cl)ccc2OC)N2CCN(C)CC2)cc1. The molecular formula is C22H28ClN3O3. The monoisotopic (exact) mass is 417 g/mol. The maximum Gasteiger partial charge on any atom is 0.255 e. The van der Waals surface area contributed by atoms with Crippen LogP contribution in [0.1, 0.15) is 22.0 Å². The summed E-state index contributed by atoms with van der Waals surface area (Å²) in [5.74, 6) is 1.13. The largest absolute Gasteiger partial charge is 0.497 e. The van der Waals surface area contributed by atoms with E-state index in [2.05, 4.69) is 34.3 Å². The lowest BCUT2D eigenvalue weighted by Gasteiger charge is -2.38. The zero-order valence-electron chi connectivity index (χ0n) is 17.2. The third kappa shape index (κ3) is 5.41. The van der Waals surface area contributed by atoms with Crippen molar-refractivity contribution in [3.8, 4) is 11.5 Å². The Morgan fingerprint density at radius 1 is 1.07 bits per heavy atom. The van der Waals surface area contributed by atoms with E-state index in [4.69, 9.17) is 21.1 Å². The summed E-state index contributed by atoms with van der Waals surface area (Å²) in [7, 11) is 5.34. The predicted molar refractivity (Wildman–Crippen MR) is 115 cm³/mol. The standard InChI is InChI=1S/C22H28ClN3O3/c1-25-10-12-26(13-11-25)20(16-4-7-18(28-2)8-5-16)15-24-22(27)19-14-17(23)6-9-21(19)29-3/h4-9,14,20H,10-13,15H2,1-3H3,(H,24,27)/t20-/m1/s1. The summed E-state index contributed by atoms with van der Waals surface area (Å²) in [4.78, 5) is 17.6. The fourth-order valence-corrected chi connectivity index (χ4v) is 3.73. The third-order valence-corrected chi connectivity index (χ3v) is 5.58. The van der Waals surface area contributed by atoms with E-state index in [0.29, 0.717) is 22.9 Å².